The number of ketones is 2. The van der Waals surface area contributed by atoms with Gasteiger partial charge in [0.2, 0.25) is 0 Å². The SMILES string of the molecule is CC#N.CC(=O)C(C)(C)Oc1ccc(O)cc1C.CC(=O)C(C)(C)Oc1ccc(OC(C)c2sc(-c3ccc(C(F)(F)F)cc3)nc2C)cc1C.Cc1nc(-c2ccc(C(F)(F)F)cc2)sc1C(C)Cl. The maximum absolute atomic E-state index is 12.8. The number of aryl methyl sites for hydroxylation is 4. The molecule has 376 valence electrons. The lowest BCUT2D eigenvalue weighted by molar-refractivity contribution is -0.138. The maximum Gasteiger partial charge on any atom is 0.416 e. The normalized spacial score (nSPS) is 12.3. The number of carbonyl (C=O) groups excluding carboxylic acids is 2. The minimum Gasteiger partial charge on any atom is -0.508 e. The Morgan fingerprint density at radius 1 is 0.657 bits per heavy atom. The lowest BCUT2D eigenvalue weighted by Gasteiger charge is -2.25. The van der Waals surface area contributed by atoms with Gasteiger partial charge in [0.05, 0.1) is 38.8 Å². The second-order valence-electron chi connectivity index (χ2n) is 16.9. The molecule has 1 N–H and O–H groups in total. The van der Waals surface area contributed by atoms with Crippen molar-refractivity contribution in [3.63, 3.8) is 0 Å². The second-order valence-corrected chi connectivity index (χ2v) is 19.6. The molecule has 2 unspecified atom stereocenters. The second kappa shape index (κ2) is 24.2. The third-order valence-electron chi connectivity index (χ3n) is 10.4. The molecule has 0 radical (unpaired) electrons. The Bertz CT molecular complexity index is 2760. The van der Waals surface area contributed by atoms with Crippen LogP contribution in [0.2, 0.25) is 0 Å². The van der Waals surface area contributed by atoms with E-state index in [0.717, 1.165) is 56.5 Å². The maximum atomic E-state index is 12.8. The number of carbonyl (C=O) groups is 2. The number of aromatic nitrogens is 2. The van der Waals surface area contributed by atoms with Crippen LogP contribution in [0.15, 0.2) is 84.9 Å². The first-order valence-electron chi connectivity index (χ1n) is 21.5. The van der Waals surface area contributed by atoms with Gasteiger partial charge in [-0.1, -0.05) is 24.3 Å². The van der Waals surface area contributed by atoms with Crippen LogP contribution in [-0.4, -0.2) is 37.8 Å². The minimum absolute atomic E-state index is 0.0324. The van der Waals surface area contributed by atoms with Gasteiger partial charge in [0, 0.05) is 22.9 Å². The van der Waals surface area contributed by atoms with Gasteiger partial charge in [-0.05, 0) is 155 Å². The Labute approximate surface area is 418 Å². The number of halogens is 7. The molecule has 18 heteroatoms. The summed E-state index contributed by atoms with van der Waals surface area (Å²) < 4.78 is 93.4. The van der Waals surface area contributed by atoms with E-state index >= 15 is 0 Å². The number of Topliss-reactive ketones (excluding diaryl/α,β-unsaturated/α-hetero) is 2. The molecule has 0 fully saturated rings. The highest BCUT2D eigenvalue weighted by molar-refractivity contribution is 7.15. The highest BCUT2D eigenvalue weighted by atomic mass is 35.5. The molecule has 2 aromatic heterocycles. The van der Waals surface area contributed by atoms with Crippen LogP contribution in [0.4, 0.5) is 26.3 Å². The largest absolute Gasteiger partial charge is 0.508 e. The van der Waals surface area contributed by atoms with Crippen LogP contribution < -0.4 is 14.2 Å². The number of hydrogen-bond donors (Lipinski definition) is 1. The van der Waals surface area contributed by atoms with Crippen LogP contribution in [0.1, 0.15) is 117 Å². The summed E-state index contributed by atoms with van der Waals surface area (Å²) in [5, 5.41) is 17.7. The van der Waals surface area contributed by atoms with E-state index in [4.69, 9.17) is 31.1 Å². The van der Waals surface area contributed by atoms with Crippen LogP contribution in [0.3, 0.4) is 0 Å². The summed E-state index contributed by atoms with van der Waals surface area (Å²) in [5.41, 5.74) is 1.43. The van der Waals surface area contributed by atoms with E-state index in [1.807, 2.05) is 47.6 Å². The van der Waals surface area contributed by atoms with Gasteiger partial charge < -0.3 is 19.3 Å². The number of thiazole rings is 2. The summed E-state index contributed by atoms with van der Waals surface area (Å²) in [6.45, 7) is 22.5. The van der Waals surface area contributed by atoms with Gasteiger partial charge in [-0.25, -0.2) is 9.97 Å². The Balaban J connectivity index is 0.000000295. The number of nitriles is 1. The average Bonchev–Trinajstić information content (AvgIpc) is 3.85. The van der Waals surface area contributed by atoms with E-state index in [9.17, 15) is 41.0 Å². The summed E-state index contributed by atoms with van der Waals surface area (Å²) in [6, 6.07) is 21.9. The molecule has 0 spiro atoms. The predicted molar refractivity (Wildman–Crippen MR) is 264 cm³/mol. The Morgan fingerprint density at radius 2 is 1.03 bits per heavy atom. The zero-order chi connectivity index (χ0) is 53.1. The quantitative estimate of drug-likeness (QED) is 0.0940. The Hall–Kier alpha value is -5.96. The predicted octanol–water partition coefficient (Wildman–Crippen LogP) is 15.7. The number of ether oxygens (including phenoxy) is 3. The summed E-state index contributed by atoms with van der Waals surface area (Å²) in [7, 11) is 0. The fourth-order valence-corrected chi connectivity index (χ4v) is 8.27. The molecule has 0 aliphatic carbocycles. The van der Waals surface area contributed by atoms with E-state index in [2.05, 4.69) is 9.97 Å². The molecule has 2 heterocycles. The van der Waals surface area contributed by atoms with Crippen molar-refractivity contribution in [2.75, 3.05) is 0 Å². The number of benzene rings is 4. The molecular weight excluding hydrogens is 976 g/mol. The van der Waals surface area contributed by atoms with Crippen LogP contribution >= 0.6 is 34.3 Å². The molecule has 6 rings (SSSR count). The fraction of sp³-hybridized carbons (Fsp3) is 0.365. The van der Waals surface area contributed by atoms with Crippen molar-refractivity contribution in [3.05, 3.63) is 128 Å². The topological polar surface area (TPSA) is 132 Å². The van der Waals surface area contributed by atoms with Crippen molar-refractivity contribution >= 4 is 45.8 Å². The zero-order valence-electron chi connectivity index (χ0n) is 41.0. The number of phenolic OH excluding ortho intramolecular Hbond substituents is 1. The van der Waals surface area contributed by atoms with Crippen molar-refractivity contribution in [3.8, 4) is 50.2 Å². The number of hydrogen-bond acceptors (Lipinski definition) is 11. The van der Waals surface area contributed by atoms with Crippen molar-refractivity contribution in [2.24, 2.45) is 0 Å². The molecule has 0 amide bonds. The van der Waals surface area contributed by atoms with E-state index in [-0.39, 0.29) is 28.8 Å². The molecule has 9 nitrogen and oxygen atoms in total. The average molecular weight is 1030 g/mol. The van der Waals surface area contributed by atoms with E-state index in [1.165, 1.54) is 67.7 Å². The van der Waals surface area contributed by atoms with Crippen molar-refractivity contribution < 1.29 is 55.2 Å². The molecule has 0 bridgehead atoms. The van der Waals surface area contributed by atoms with Gasteiger partial charge in [-0.15, -0.1) is 34.3 Å². The minimum atomic E-state index is -4.37. The molecule has 70 heavy (non-hydrogen) atoms. The van der Waals surface area contributed by atoms with Gasteiger partial charge in [-0.3, -0.25) is 9.59 Å². The van der Waals surface area contributed by atoms with Crippen LogP contribution in [0.5, 0.6) is 23.0 Å². The van der Waals surface area contributed by atoms with Crippen molar-refractivity contribution in [1.29, 1.82) is 5.26 Å². The number of nitrogens with zero attached hydrogens (tertiary/aromatic N) is 3. The molecule has 4 aromatic carbocycles. The standard InChI is InChI=1S/C25H26F3NO3S.C13H11ClF3NS.C12H16O3.C2H3N/c1-14-13-20(11-12-21(14)32-24(5,6)17(4)30)31-16(3)22-15(2)29-23(33-22)18-7-9-19(10-8-18)25(26,27)28;1-7(14)11-8(2)18-12(19-11)9-3-5-10(6-4-9)13(15,16)17;1-8-7-10(14)5-6-11(8)15-12(3,4)9(2)13;1-2-3/h7-13,16H,1-6H3;3-7H,1-2H3;5-7,14H,1-4H3;1H3. The number of rotatable bonds is 12. The first-order chi connectivity index (χ1) is 32.3. The Morgan fingerprint density at radius 3 is 1.37 bits per heavy atom. The van der Waals surface area contributed by atoms with Gasteiger partial charge >= 0.3 is 12.4 Å². The van der Waals surface area contributed by atoms with E-state index in [1.54, 1.807) is 64.1 Å². The van der Waals surface area contributed by atoms with Gasteiger partial charge in [0.1, 0.15) is 39.1 Å². The van der Waals surface area contributed by atoms with E-state index in [0.29, 0.717) is 38.4 Å². The number of phenols is 1. The Kier molecular flexibility index (Phi) is 20.2. The van der Waals surface area contributed by atoms with Crippen LogP contribution in [0.25, 0.3) is 21.1 Å². The first kappa shape index (κ1) is 58.4. The molecule has 0 saturated heterocycles. The summed E-state index contributed by atoms with van der Waals surface area (Å²) in [5.74, 6) is 1.95. The number of alkyl halides is 7. The van der Waals surface area contributed by atoms with Crippen molar-refractivity contribution in [1.82, 2.24) is 9.97 Å². The molecule has 6 aromatic rings. The summed E-state index contributed by atoms with van der Waals surface area (Å²) in [4.78, 5) is 33.7. The molecule has 0 aliphatic heterocycles. The zero-order valence-corrected chi connectivity index (χ0v) is 43.4. The summed E-state index contributed by atoms with van der Waals surface area (Å²) >= 11 is 8.82. The van der Waals surface area contributed by atoms with Gasteiger partial charge in [0.25, 0.3) is 0 Å². The van der Waals surface area contributed by atoms with E-state index < -0.39 is 34.7 Å². The molecular formula is C52H56ClF6N3O6S2. The lowest BCUT2D eigenvalue weighted by atomic mass is 10.0. The fourth-order valence-electron chi connectivity index (χ4n) is 5.92. The lowest BCUT2D eigenvalue weighted by Crippen LogP contribution is -2.36. The molecule has 2 atom stereocenters. The first-order valence-corrected chi connectivity index (χ1v) is 23.6. The summed E-state index contributed by atoms with van der Waals surface area (Å²) in [6.07, 6.45) is -9.00. The highest BCUT2D eigenvalue weighted by Gasteiger charge is 2.32. The smallest absolute Gasteiger partial charge is 0.416 e. The third kappa shape index (κ3) is 16.6. The van der Waals surface area contributed by atoms with Crippen LogP contribution in [-0.2, 0) is 21.9 Å². The third-order valence-corrected chi connectivity index (χ3v) is 13.5. The van der Waals surface area contributed by atoms with Crippen molar-refractivity contribution in [2.45, 2.75) is 125 Å². The van der Waals surface area contributed by atoms with Gasteiger partial charge in [-0.2, -0.15) is 31.6 Å². The molecule has 0 aliphatic rings. The number of aromatic hydroxyl groups is 1. The monoisotopic (exact) mass is 1030 g/mol. The highest BCUT2D eigenvalue weighted by Crippen LogP contribution is 2.39. The van der Waals surface area contributed by atoms with Crippen LogP contribution in [0, 0.1) is 39.0 Å². The molecule has 0 saturated carbocycles. The van der Waals surface area contributed by atoms with Gasteiger partial charge in [0.15, 0.2) is 22.8 Å².